The SMILES string of the molecule is CC(C)C(C)N(C)c1cc(F)cc(CCl)c1. The van der Waals surface area contributed by atoms with Gasteiger partial charge in [0.15, 0.2) is 0 Å². The van der Waals surface area contributed by atoms with Crippen LogP contribution in [0.3, 0.4) is 0 Å². The lowest BCUT2D eigenvalue weighted by atomic mass is 10.0. The minimum absolute atomic E-state index is 0.226. The number of nitrogens with zero attached hydrogens (tertiary/aromatic N) is 1. The summed E-state index contributed by atoms with van der Waals surface area (Å²) in [7, 11) is 1.98. The van der Waals surface area contributed by atoms with Crippen LogP contribution in [0.2, 0.25) is 0 Å². The molecule has 0 saturated heterocycles. The van der Waals surface area contributed by atoms with Gasteiger partial charge in [-0.15, -0.1) is 11.6 Å². The number of hydrogen-bond donors (Lipinski definition) is 0. The summed E-state index contributed by atoms with van der Waals surface area (Å²) in [6.45, 7) is 6.45. The van der Waals surface area contributed by atoms with Crippen molar-refractivity contribution in [3.8, 4) is 0 Å². The number of rotatable bonds is 4. The maximum atomic E-state index is 13.4. The van der Waals surface area contributed by atoms with E-state index in [-0.39, 0.29) is 5.82 Å². The van der Waals surface area contributed by atoms with Crippen LogP contribution in [0, 0.1) is 11.7 Å². The molecule has 0 fully saturated rings. The smallest absolute Gasteiger partial charge is 0.125 e. The molecule has 0 heterocycles. The molecule has 0 aromatic heterocycles. The summed E-state index contributed by atoms with van der Waals surface area (Å²) in [6.07, 6.45) is 0. The fourth-order valence-electron chi connectivity index (χ4n) is 1.60. The lowest BCUT2D eigenvalue weighted by Crippen LogP contribution is -2.33. The summed E-state index contributed by atoms with van der Waals surface area (Å²) in [6, 6.07) is 5.33. The Balaban J connectivity index is 2.98. The molecule has 0 aliphatic heterocycles. The summed E-state index contributed by atoms with van der Waals surface area (Å²) in [4.78, 5) is 2.09. The van der Waals surface area contributed by atoms with E-state index in [1.54, 1.807) is 6.07 Å². The average Bonchev–Trinajstić information content (AvgIpc) is 2.25. The predicted octanol–water partition coefficient (Wildman–Crippen LogP) is 4.05. The Morgan fingerprint density at radius 3 is 2.38 bits per heavy atom. The van der Waals surface area contributed by atoms with Gasteiger partial charge in [0.05, 0.1) is 0 Å². The van der Waals surface area contributed by atoms with Crippen molar-refractivity contribution >= 4 is 17.3 Å². The maximum absolute atomic E-state index is 13.4. The van der Waals surface area contributed by atoms with Gasteiger partial charge in [-0.2, -0.15) is 0 Å². The quantitative estimate of drug-likeness (QED) is 0.722. The molecule has 0 bridgehead atoms. The summed E-state index contributed by atoms with van der Waals surface area (Å²) >= 11 is 5.73. The molecule has 3 heteroatoms. The molecule has 1 aromatic rings. The molecule has 0 saturated carbocycles. The highest BCUT2D eigenvalue weighted by Gasteiger charge is 2.14. The van der Waals surface area contributed by atoms with Gasteiger partial charge in [-0.05, 0) is 36.6 Å². The average molecular weight is 244 g/mol. The monoisotopic (exact) mass is 243 g/mol. The van der Waals surface area contributed by atoms with E-state index in [1.165, 1.54) is 6.07 Å². The molecule has 1 rings (SSSR count). The lowest BCUT2D eigenvalue weighted by molar-refractivity contribution is 0.504. The van der Waals surface area contributed by atoms with Crippen molar-refractivity contribution in [3.63, 3.8) is 0 Å². The second-order valence-corrected chi connectivity index (χ2v) is 4.81. The molecular formula is C13H19ClFN. The van der Waals surface area contributed by atoms with Gasteiger partial charge in [-0.1, -0.05) is 13.8 Å². The molecule has 1 aromatic carbocycles. The first kappa shape index (κ1) is 13.3. The molecule has 0 amide bonds. The van der Waals surface area contributed by atoms with Crippen LogP contribution in [0.15, 0.2) is 18.2 Å². The molecular weight excluding hydrogens is 225 g/mol. The van der Waals surface area contributed by atoms with Crippen LogP contribution in [0.1, 0.15) is 26.3 Å². The highest BCUT2D eigenvalue weighted by atomic mass is 35.5. The Bertz CT molecular complexity index is 352. The topological polar surface area (TPSA) is 3.24 Å². The minimum atomic E-state index is -0.226. The van der Waals surface area contributed by atoms with Gasteiger partial charge in [0.2, 0.25) is 0 Å². The normalized spacial score (nSPS) is 12.9. The van der Waals surface area contributed by atoms with Crippen molar-refractivity contribution in [2.24, 2.45) is 5.92 Å². The fourth-order valence-corrected chi connectivity index (χ4v) is 1.75. The van der Waals surface area contributed by atoms with Gasteiger partial charge in [-0.25, -0.2) is 4.39 Å². The van der Waals surface area contributed by atoms with Crippen LogP contribution in [-0.2, 0) is 5.88 Å². The standard InChI is InChI=1S/C13H19ClFN/c1-9(2)10(3)16(4)13-6-11(8-14)5-12(15)7-13/h5-7,9-10H,8H2,1-4H3. The van der Waals surface area contributed by atoms with Crippen molar-refractivity contribution in [2.75, 3.05) is 11.9 Å². The largest absolute Gasteiger partial charge is 0.372 e. The van der Waals surface area contributed by atoms with E-state index in [2.05, 4.69) is 25.7 Å². The molecule has 90 valence electrons. The molecule has 1 unspecified atom stereocenters. The van der Waals surface area contributed by atoms with Crippen molar-refractivity contribution < 1.29 is 4.39 Å². The van der Waals surface area contributed by atoms with E-state index < -0.39 is 0 Å². The third-order valence-corrected chi connectivity index (χ3v) is 3.39. The van der Waals surface area contributed by atoms with Crippen molar-refractivity contribution in [2.45, 2.75) is 32.7 Å². The Morgan fingerprint density at radius 1 is 1.25 bits per heavy atom. The number of benzene rings is 1. The molecule has 0 spiro atoms. The number of hydrogen-bond acceptors (Lipinski definition) is 1. The van der Waals surface area contributed by atoms with E-state index in [1.807, 2.05) is 13.1 Å². The first-order chi connectivity index (χ1) is 7.45. The first-order valence-corrected chi connectivity index (χ1v) is 6.07. The van der Waals surface area contributed by atoms with Crippen molar-refractivity contribution in [3.05, 3.63) is 29.6 Å². The Morgan fingerprint density at radius 2 is 1.88 bits per heavy atom. The second-order valence-electron chi connectivity index (χ2n) is 4.55. The fraction of sp³-hybridized carbons (Fsp3) is 0.538. The van der Waals surface area contributed by atoms with Gasteiger partial charge < -0.3 is 4.90 Å². The summed E-state index contributed by atoms with van der Waals surface area (Å²) < 4.78 is 13.4. The van der Waals surface area contributed by atoms with Gasteiger partial charge >= 0.3 is 0 Å². The highest BCUT2D eigenvalue weighted by molar-refractivity contribution is 6.17. The zero-order valence-electron chi connectivity index (χ0n) is 10.3. The van der Waals surface area contributed by atoms with Crippen molar-refractivity contribution in [1.82, 2.24) is 0 Å². The first-order valence-electron chi connectivity index (χ1n) is 5.54. The minimum Gasteiger partial charge on any atom is -0.372 e. The second kappa shape index (κ2) is 5.53. The van der Waals surface area contributed by atoms with E-state index in [0.29, 0.717) is 17.8 Å². The van der Waals surface area contributed by atoms with Crippen LogP contribution in [-0.4, -0.2) is 13.1 Å². The predicted molar refractivity (Wildman–Crippen MR) is 68.7 cm³/mol. The molecule has 0 N–H and O–H groups in total. The van der Waals surface area contributed by atoms with E-state index >= 15 is 0 Å². The van der Waals surface area contributed by atoms with E-state index in [0.717, 1.165) is 11.3 Å². The van der Waals surface area contributed by atoms with Crippen LogP contribution in [0.25, 0.3) is 0 Å². The molecule has 0 radical (unpaired) electrons. The van der Waals surface area contributed by atoms with Crippen LogP contribution >= 0.6 is 11.6 Å². The third kappa shape index (κ3) is 3.11. The Kier molecular flexibility index (Phi) is 4.60. The van der Waals surface area contributed by atoms with Gasteiger partial charge in [-0.3, -0.25) is 0 Å². The van der Waals surface area contributed by atoms with E-state index in [4.69, 9.17) is 11.6 Å². The zero-order valence-corrected chi connectivity index (χ0v) is 11.1. The zero-order chi connectivity index (χ0) is 12.3. The molecule has 16 heavy (non-hydrogen) atoms. The summed E-state index contributed by atoms with van der Waals surface area (Å²) in [5.41, 5.74) is 1.70. The third-order valence-electron chi connectivity index (χ3n) is 3.08. The Labute approximate surface area is 102 Å². The highest BCUT2D eigenvalue weighted by Crippen LogP contribution is 2.22. The molecule has 0 aliphatic rings. The van der Waals surface area contributed by atoms with Crippen molar-refractivity contribution in [1.29, 1.82) is 0 Å². The van der Waals surface area contributed by atoms with Gasteiger partial charge in [0.25, 0.3) is 0 Å². The van der Waals surface area contributed by atoms with Gasteiger partial charge in [0, 0.05) is 24.7 Å². The number of anilines is 1. The Hall–Kier alpha value is -0.760. The number of alkyl halides is 1. The van der Waals surface area contributed by atoms with E-state index in [9.17, 15) is 4.39 Å². The lowest BCUT2D eigenvalue weighted by Gasteiger charge is -2.30. The summed E-state index contributed by atoms with van der Waals surface area (Å²) in [5, 5.41) is 0. The van der Waals surface area contributed by atoms with Crippen LogP contribution in [0.5, 0.6) is 0 Å². The summed E-state index contributed by atoms with van der Waals surface area (Å²) in [5.74, 6) is 0.637. The van der Waals surface area contributed by atoms with Crippen LogP contribution in [0.4, 0.5) is 10.1 Å². The van der Waals surface area contributed by atoms with Gasteiger partial charge in [0.1, 0.15) is 5.82 Å². The van der Waals surface area contributed by atoms with Crippen LogP contribution < -0.4 is 4.90 Å². The molecule has 0 aliphatic carbocycles. The maximum Gasteiger partial charge on any atom is 0.125 e. The molecule has 1 nitrogen and oxygen atoms in total. The number of halogens is 2. The molecule has 1 atom stereocenters.